The van der Waals surface area contributed by atoms with Gasteiger partial charge in [0.05, 0.1) is 19.6 Å². The van der Waals surface area contributed by atoms with Crippen molar-refractivity contribution in [3.8, 4) is 0 Å². The van der Waals surface area contributed by atoms with Gasteiger partial charge in [-0.2, -0.15) is 0 Å². The Morgan fingerprint density at radius 2 is 1.83 bits per heavy atom. The third-order valence-corrected chi connectivity index (χ3v) is 9.03. The molecular weight excluding hydrogens is 332 g/mol. The highest BCUT2D eigenvalue weighted by Gasteiger charge is 2.40. The Hall–Kier alpha value is -1.31. The molecule has 4 nitrogen and oxygen atoms in total. The fraction of sp³-hybridized carbons (Fsp3) is 0.588. The van der Waals surface area contributed by atoms with Gasteiger partial charge in [0.25, 0.3) is 0 Å². The van der Waals surface area contributed by atoms with Crippen LogP contribution in [0.3, 0.4) is 0 Å². The van der Waals surface area contributed by atoms with Crippen LogP contribution in [0, 0.1) is 11.6 Å². The lowest BCUT2D eigenvalue weighted by Gasteiger charge is -2.39. The molecule has 0 saturated carbocycles. The lowest BCUT2D eigenvalue weighted by molar-refractivity contribution is -0.170. The minimum atomic E-state index is -2.22. The predicted molar refractivity (Wildman–Crippen MR) is 91.8 cm³/mol. The Morgan fingerprint density at radius 1 is 1.25 bits per heavy atom. The van der Waals surface area contributed by atoms with Crippen molar-refractivity contribution in [2.24, 2.45) is 0 Å². The molecule has 1 aromatic carbocycles. The molecule has 1 aromatic rings. The minimum absolute atomic E-state index is 0.0120. The Morgan fingerprint density at radius 3 is 2.29 bits per heavy atom. The van der Waals surface area contributed by atoms with Gasteiger partial charge in [0.1, 0.15) is 0 Å². The van der Waals surface area contributed by atoms with Crippen molar-refractivity contribution in [2.45, 2.75) is 51.4 Å². The van der Waals surface area contributed by atoms with Crippen LogP contribution < -0.4 is 0 Å². The number of rotatable bonds is 6. The SMILES string of the molecule is CON(C)C(=O)CC(O[Si](C)(C)C(C)(C)C)c1ccc(F)c(F)c1. The van der Waals surface area contributed by atoms with Crippen molar-refractivity contribution in [2.75, 3.05) is 14.2 Å². The van der Waals surface area contributed by atoms with Crippen molar-refractivity contribution in [1.82, 2.24) is 5.06 Å². The van der Waals surface area contributed by atoms with Crippen LogP contribution in [-0.4, -0.2) is 33.4 Å². The Bertz CT molecular complexity index is 588. The summed E-state index contributed by atoms with van der Waals surface area (Å²) in [5.74, 6) is -2.18. The molecule has 0 bridgehead atoms. The van der Waals surface area contributed by atoms with Gasteiger partial charge in [-0.1, -0.05) is 26.8 Å². The van der Waals surface area contributed by atoms with E-state index in [1.807, 2.05) is 13.1 Å². The van der Waals surface area contributed by atoms with Crippen LogP contribution >= 0.6 is 0 Å². The molecule has 1 unspecified atom stereocenters. The normalized spacial score (nSPS) is 13.7. The molecule has 1 atom stereocenters. The summed E-state index contributed by atoms with van der Waals surface area (Å²) < 4.78 is 33.2. The van der Waals surface area contributed by atoms with E-state index in [-0.39, 0.29) is 17.4 Å². The molecule has 0 aliphatic carbocycles. The molecule has 0 radical (unpaired) electrons. The van der Waals surface area contributed by atoms with E-state index in [1.165, 1.54) is 20.2 Å². The van der Waals surface area contributed by atoms with Crippen molar-refractivity contribution < 1.29 is 22.8 Å². The maximum Gasteiger partial charge on any atom is 0.248 e. The van der Waals surface area contributed by atoms with Gasteiger partial charge in [-0.3, -0.25) is 9.63 Å². The number of hydrogen-bond acceptors (Lipinski definition) is 3. The molecule has 0 aliphatic rings. The lowest BCUT2D eigenvalue weighted by atomic mass is 10.1. The molecule has 0 heterocycles. The van der Waals surface area contributed by atoms with Crippen LogP contribution in [0.4, 0.5) is 8.78 Å². The fourth-order valence-electron chi connectivity index (χ4n) is 1.86. The highest BCUT2D eigenvalue weighted by Crippen LogP contribution is 2.40. The highest BCUT2D eigenvalue weighted by molar-refractivity contribution is 6.74. The van der Waals surface area contributed by atoms with Crippen LogP contribution in [-0.2, 0) is 14.1 Å². The van der Waals surface area contributed by atoms with Gasteiger partial charge in [0.15, 0.2) is 20.0 Å². The molecule has 7 heteroatoms. The number of halogens is 2. The van der Waals surface area contributed by atoms with E-state index in [2.05, 4.69) is 20.8 Å². The number of hydrogen-bond donors (Lipinski definition) is 0. The first-order valence-corrected chi connectivity index (χ1v) is 10.7. The van der Waals surface area contributed by atoms with Gasteiger partial charge in [-0.25, -0.2) is 13.8 Å². The van der Waals surface area contributed by atoms with Crippen LogP contribution in [0.1, 0.15) is 38.9 Å². The van der Waals surface area contributed by atoms with Crippen LogP contribution in [0.25, 0.3) is 0 Å². The van der Waals surface area contributed by atoms with E-state index < -0.39 is 26.1 Å². The molecule has 0 fully saturated rings. The van der Waals surface area contributed by atoms with E-state index in [9.17, 15) is 13.6 Å². The van der Waals surface area contributed by atoms with Crippen molar-refractivity contribution in [1.29, 1.82) is 0 Å². The summed E-state index contributed by atoms with van der Waals surface area (Å²) in [6, 6.07) is 3.60. The Labute approximate surface area is 143 Å². The molecule has 0 spiro atoms. The number of amides is 1. The maximum atomic E-state index is 13.6. The second kappa shape index (κ2) is 7.71. The first-order valence-electron chi connectivity index (χ1n) is 7.82. The third kappa shape index (κ3) is 5.09. The van der Waals surface area contributed by atoms with Crippen molar-refractivity contribution in [3.63, 3.8) is 0 Å². The van der Waals surface area contributed by atoms with Crippen LogP contribution in [0.15, 0.2) is 18.2 Å². The monoisotopic (exact) mass is 359 g/mol. The van der Waals surface area contributed by atoms with E-state index in [0.717, 1.165) is 17.2 Å². The fourth-order valence-corrected chi connectivity index (χ4v) is 3.15. The smallest absolute Gasteiger partial charge is 0.248 e. The Balaban J connectivity index is 3.16. The molecule has 24 heavy (non-hydrogen) atoms. The number of carbonyl (C=O) groups is 1. The molecule has 0 aromatic heterocycles. The van der Waals surface area contributed by atoms with Crippen molar-refractivity contribution >= 4 is 14.2 Å². The predicted octanol–water partition coefficient (Wildman–Crippen LogP) is 4.44. The molecule has 0 aliphatic heterocycles. The molecule has 1 amide bonds. The molecule has 0 saturated heterocycles. The topological polar surface area (TPSA) is 38.8 Å². The summed E-state index contributed by atoms with van der Waals surface area (Å²) in [6.45, 7) is 10.3. The van der Waals surface area contributed by atoms with Gasteiger partial charge in [-0.05, 0) is 35.8 Å². The number of benzene rings is 1. The summed E-state index contributed by atoms with van der Waals surface area (Å²) >= 11 is 0. The van der Waals surface area contributed by atoms with E-state index in [0.29, 0.717) is 5.56 Å². The quantitative estimate of drug-likeness (QED) is 0.557. The minimum Gasteiger partial charge on any atom is -0.409 e. The van der Waals surface area contributed by atoms with Gasteiger partial charge in [0, 0.05) is 7.05 Å². The molecule has 1 rings (SSSR count). The zero-order valence-corrected chi connectivity index (χ0v) is 16.4. The molecule has 0 N–H and O–H groups in total. The first kappa shape index (κ1) is 20.7. The van der Waals surface area contributed by atoms with Crippen LogP contribution in [0.5, 0.6) is 0 Å². The lowest BCUT2D eigenvalue weighted by Crippen LogP contribution is -2.42. The number of nitrogens with zero attached hydrogens (tertiary/aromatic N) is 1. The van der Waals surface area contributed by atoms with Gasteiger partial charge < -0.3 is 4.43 Å². The molecular formula is C17H27F2NO3Si. The average molecular weight is 359 g/mol. The second-order valence-corrected chi connectivity index (χ2v) is 12.1. The summed E-state index contributed by atoms with van der Waals surface area (Å²) in [5, 5.41) is 1.02. The summed E-state index contributed by atoms with van der Waals surface area (Å²) in [5.41, 5.74) is 0.441. The summed E-state index contributed by atoms with van der Waals surface area (Å²) in [4.78, 5) is 17.1. The highest BCUT2D eigenvalue weighted by atomic mass is 28.4. The number of carbonyl (C=O) groups excluding carboxylic acids is 1. The van der Waals surface area contributed by atoms with Crippen molar-refractivity contribution in [3.05, 3.63) is 35.4 Å². The molecule has 136 valence electrons. The second-order valence-electron chi connectivity index (χ2n) is 7.32. The van der Waals surface area contributed by atoms with Gasteiger partial charge in [-0.15, -0.1) is 0 Å². The number of hydroxylamine groups is 2. The standard InChI is InChI=1S/C17H27F2NO3Si/c1-17(2,3)24(6,7)23-15(11-16(21)20(4)22-5)12-8-9-13(18)14(19)10-12/h8-10,15H,11H2,1-7H3. The average Bonchev–Trinajstić information content (AvgIpc) is 2.47. The summed E-state index contributed by atoms with van der Waals surface area (Å²) in [6.07, 6.45) is -0.673. The van der Waals surface area contributed by atoms with Crippen LogP contribution in [0.2, 0.25) is 18.1 Å². The Kier molecular flexibility index (Phi) is 6.66. The van der Waals surface area contributed by atoms with Gasteiger partial charge >= 0.3 is 0 Å². The first-order chi connectivity index (χ1) is 10.9. The van der Waals surface area contributed by atoms with E-state index in [1.54, 1.807) is 0 Å². The zero-order valence-electron chi connectivity index (χ0n) is 15.4. The largest absolute Gasteiger partial charge is 0.409 e. The third-order valence-electron chi connectivity index (χ3n) is 4.54. The van der Waals surface area contributed by atoms with E-state index >= 15 is 0 Å². The zero-order chi connectivity index (χ0) is 18.7. The maximum absolute atomic E-state index is 13.6. The summed E-state index contributed by atoms with van der Waals surface area (Å²) in [7, 11) is 0.664. The van der Waals surface area contributed by atoms with E-state index in [4.69, 9.17) is 9.26 Å². The van der Waals surface area contributed by atoms with Gasteiger partial charge in [0.2, 0.25) is 5.91 Å².